The van der Waals surface area contributed by atoms with Crippen LogP contribution in [0.3, 0.4) is 0 Å². The lowest BCUT2D eigenvalue weighted by Crippen LogP contribution is -1.79. The van der Waals surface area contributed by atoms with Gasteiger partial charge in [-0.15, -0.1) is 0 Å². The fourth-order valence-corrected chi connectivity index (χ4v) is 1.65. The number of fused-ring (bicyclic) bond motifs is 1. The van der Waals surface area contributed by atoms with Gasteiger partial charge in [-0.2, -0.15) is 0 Å². The molecule has 0 saturated heterocycles. The monoisotopic (exact) mass is 208 g/mol. The Labute approximate surface area is 86.4 Å². The maximum absolute atomic E-state index is 9.63. The highest BCUT2D eigenvalue weighted by Gasteiger charge is 2.09. The van der Waals surface area contributed by atoms with Crippen LogP contribution in [0.15, 0.2) is 24.3 Å². The first-order valence-electron chi connectivity index (χ1n) is 4.20. The second-order valence-electron chi connectivity index (χ2n) is 3.28. The Balaban J connectivity index is 2.92. The number of aryl methyl sites for hydroxylation is 1. The number of rotatable bonds is 0. The Kier molecular flexibility index (Phi) is 2.01. The lowest BCUT2D eigenvalue weighted by atomic mass is 10.1. The van der Waals surface area contributed by atoms with Crippen LogP contribution >= 0.6 is 11.6 Å². The van der Waals surface area contributed by atoms with Gasteiger partial charge in [-0.05, 0) is 24.4 Å². The Morgan fingerprint density at radius 2 is 1.79 bits per heavy atom. The Hall–Kier alpha value is -1.41. The van der Waals surface area contributed by atoms with Crippen LogP contribution in [0.25, 0.3) is 10.8 Å². The van der Waals surface area contributed by atoms with Crippen LogP contribution < -0.4 is 0 Å². The third kappa shape index (κ3) is 1.28. The van der Waals surface area contributed by atoms with Gasteiger partial charge in [0.1, 0.15) is 0 Å². The molecule has 0 saturated carbocycles. The van der Waals surface area contributed by atoms with Crippen LogP contribution in [-0.4, -0.2) is 10.2 Å². The van der Waals surface area contributed by atoms with Crippen LogP contribution in [-0.2, 0) is 0 Å². The van der Waals surface area contributed by atoms with Gasteiger partial charge in [-0.3, -0.25) is 0 Å². The van der Waals surface area contributed by atoms with Crippen molar-refractivity contribution in [3.63, 3.8) is 0 Å². The molecular weight excluding hydrogens is 200 g/mol. The molecule has 0 radical (unpaired) electrons. The lowest BCUT2D eigenvalue weighted by Gasteiger charge is -2.05. The van der Waals surface area contributed by atoms with E-state index < -0.39 is 0 Å². The molecular formula is C11H9ClO2. The fourth-order valence-electron chi connectivity index (χ4n) is 1.45. The Morgan fingerprint density at radius 1 is 1.07 bits per heavy atom. The standard InChI is InChI=1S/C11H9ClO2/c1-6-2-3-7-5-9(12)11(14)10(13)8(7)4-6/h2-5,13-14H,1H3. The number of phenolic OH excluding ortho intramolecular Hbond substituents is 2. The summed E-state index contributed by atoms with van der Waals surface area (Å²) in [6.07, 6.45) is 0. The first-order valence-corrected chi connectivity index (χ1v) is 4.58. The molecule has 2 nitrogen and oxygen atoms in total. The number of benzene rings is 2. The quantitative estimate of drug-likeness (QED) is 0.653. The van der Waals surface area contributed by atoms with Crippen molar-refractivity contribution >= 4 is 22.4 Å². The van der Waals surface area contributed by atoms with Gasteiger partial charge in [-0.25, -0.2) is 0 Å². The summed E-state index contributed by atoms with van der Waals surface area (Å²) in [7, 11) is 0. The van der Waals surface area contributed by atoms with E-state index in [1.54, 1.807) is 12.1 Å². The highest BCUT2D eigenvalue weighted by molar-refractivity contribution is 6.33. The van der Waals surface area contributed by atoms with E-state index in [0.717, 1.165) is 10.9 Å². The minimum Gasteiger partial charge on any atom is -0.504 e. The van der Waals surface area contributed by atoms with Crippen molar-refractivity contribution in [1.82, 2.24) is 0 Å². The number of phenols is 2. The van der Waals surface area contributed by atoms with Crippen molar-refractivity contribution < 1.29 is 10.2 Å². The predicted octanol–water partition coefficient (Wildman–Crippen LogP) is 3.21. The molecule has 0 heterocycles. The van der Waals surface area contributed by atoms with E-state index in [9.17, 15) is 10.2 Å². The van der Waals surface area contributed by atoms with Crippen molar-refractivity contribution in [2.45, 2.75) is 6.92 Å². The molecule has 0 amide bonds. The summed E-state index contributed by atoms with van der Waals surface area (Å²) in [6.45, 7) is 1.92. The normalized spacial score (nSPS) is 10.7. The summed E-state index contributed by atoms with van der Waals surface area (Å²) < 4.78 is 0. The summed E-state index contributed by atoms with van der Waals surface area (Å²) in [4.78, 5) is 0. The lowest BCUT2D eigenvalue weighted by molar-refractivity contribution is 0.408. The smallest absolute Gasteiger partial charge is 0.177 e. The predicted molar refractivity (Wildman–Crippen MR) is 57.0 cm³/mol. The van der Waals surface area contributed by atoms with Gasteiger partial charge in [0.15, 0.2) is 11.5 Å². The van der Waals surface area contributed by atoms with Crippen LogP contribution in [0.1, 0.15) is 5.56 Å². The highest BCUT2D eigenvalue weighted by atomic mass is 35.5. The molecule has 0 unspecified atom stereocenters. The zero-order valence-electron chi connectivity index (χ0n) is 7.58. The molecule has 0 fully saturated rings. The SMILES string of the molecule is Cc1ccc2cc(Cl)c(O)c(O)c2c1. The summed E-state index contributed by atoms with van der Waals surface area (Å²) in [5.41, 5.74) is 1.02. The van der Waals surface area contributed by atoms with E-state index in [2.05, 4.69) is 0 Å². The van der Waals surface area contributed by atoms with E-state index in [1.807, 2.05) is 19.1 Å². The molecule has 0 aliphatic rings. The van der Waals surface area contributed by atoms with Crippen molar-refractivity contribution in [2.75, 3.05) is 0 Å². The van der Waals surface area contributed by atoms with E-state index in [4.69, 9.17) is 11.6 Å². The molecule has 2 aromatic rings. The van der Waals surface area contributed by atoms with Gasteiger partial charge >= 0.3 is 0 Å². The third-order valence-electron chi connectivity index (χ3n) is 2.20. The minimum atomic E-state index is -0.259. The van der Waals surface area contributed by atoms with Crippen molar-refractivity contribution in [1.29, 1.82) is 0 Å². The Bertz CT molecular complexity index is 506. The highest BCUT2D eigenvalue weighted by Crippen LogP contribution is 2.39. The molecule has 0 aliphatic carbocycles. The van der Waals surface area contributed by atoms with Crippen LogP contribution in [0.4, 0.5) is 0 Å². The zero-order chi connectivity index (χ0) is 10.3. The third-order valence-corrected chi connectivity index (χ3v) is 2.48. The second kappa shape index (κ2) is 3.07. The molecule has 2 rings (SSSR count). The molecule has 14 heavy (non-hydrogen) atoms. The topological polar surface area (TPSA) is 40.5 Å². The second-order valence-corrected chi connectivity index (χ2v) is 3.69. The van der Waals surface area contributed by atoms with Crippen LogP contribution in [0.2, 0.25) is 5.02 Å². The molecule has 0 spiro atoms. The van der Waals surface area contributed by atoms with Crippen molar-refractivity contribution in [2.24, 2.45) is 0 Å². The zero-order valence-corrected chi connectivity index (χ0v) is 8.34. The van der Waals surface area contributed by atoms with Crippen LogP contribution in [0.5, 0.6) is 11.5 Å². The molecule has 2 N–H and O–H groups in total. The molecule has 72 valence electrons. The number of aromatic hydroxyl groups is 2. The van der Waals surface area contributed by atoms with Gasteiger partial charge in [0.2, 0.25) is 0 Å². The molecule has 0 atom stereocenters. The number of hydrogen-bond donors (Lipinski definition) is 2. The maximum Gasteiger partial charge on any atom is 0.177 e. The molecule has 0 bridgehead atoms. The average Bonchev–Trinajstić information content (AvgIpc) is 2.16. The van der Waals surface area contributed by atoms with E-state index in [0.29, 0.717) is 5.39 Å². The Morgan fingerprint density at radius 3 is 2.50 bits per heavy atom. The fraction of sp³-hybridized carbons (Fsp3) is 0.0909. The summed E-state index contributed by atoms with van der Waals surface area (Å²) in [5.74, 6) is -0.416. The van der Waals surface area contributed by atoms with Gasteiger partial charge < -0.3 is 10.2 Å². The number of halogens is 1. The summed E-state index contributed by atoms with van der Waals surface area (Å²) in [6, 6.07) is 7.22. The largest absolute Gasteiger partial charge is 0.504 e. The average molecular weight is 209 g/mol. The van der Waals surface area contributed by atoms with Gasteiger partial charge in [-0.1, -0.05) is 29.3 Å². The van der Waals surface area contributed by atoms with Gasteiger partial charge in [0.25, 0.3) is 0 Å². The number of hydrogen-bond acceptors (Lipinski definition) is 2. The maximum atomic E-state index is 9.63. The van der Waals surface area contributed by atoms with E-state index in [-0.39, 0.29) is 16.5 Å². The van der Waals surface area contributed by atoms with Crippen molar-refractivity contribution in [3.8, 4) is 11.5 Å². The van der Waals surface area contributed by atoms with E-state index >= 15 is 0 Å². The van der Waals surface area contributed by atoms with Crippen molar-refractivity contribution in [3.05, 3.63) is 34.9 Å². The first-order chi connectivity index (χ1) is 6.59. The summed E-state index contributed by atoms with van der Waals surface area (Å²) in [5, 5.41) is 20.6. The van der Waals surface area contributed by atoms with E-state index in [1.165, 1.54) is 0 Å². The summed E-state index contributed by atoms with van der Waals surface area (Å²) >= 11 is 5.72. The first kappa shape index (κ1) is 9.16. The molecule has 2 aromatic carbocycles. The molecule has 0 aliphatic heterocycles. The van der Waals surface area contributed by atoms with Gasteiger partial charge in [0.05, 0.1) is 5.02 Å². The molecule has 0 aromatic heterocycles. The van der Waals surface area contributed by atoms with Gasteiger partial charge in [0, 0.05) is 5.39 Å². The molecule has 3 heteroatoms. The minimum absolute atomic E-state index is 0.156. The van der Waals surface area contributed by atoms with Crippen LogP contribution in [0, 0.1) is 6.92 Å².